The van der Waals surface area contributed by atoms with Crippen molar-refractivity contribution in [2.24, 2.45) is 5.73 Å². The van der Waals surface area contributed by atoms with Crippen LogP contribution in [0.1, 0.15) is 35.2 Å². The third-order valence-corrected chi connectivity index (χ3v) is 3.44. The van der Waals surface area contributed by atoms with E-state index < -0.39 is 0 Å². The SMILES string of the molecule is CNC(c1cc(C)c(OC)c(C)c1C)C(C)N. The minimum Gasteiger partial charge on any atom is -0.496 e. The lowest BCUT2D eigenvalue weighted by Crippen LogP contribution is -2.34. The Balaban J connectivity index is 3.36. The van der Waals surface area contributed by atoms with E-state index in [4.69, 9.17) is 10.5 Å². The number of ether oxygens (including phenoxy) is 1. The van der Waals surface area contributed by atoms with E-state index in [1.54, 1.807) is 7.11 Å². The highest BCUT2D eigenvalue weighted by atomic mass is 16.5. The Bertz CT molecular complexity index is 400. The third-order valence-electron chi connectivity index (χ3n) is 3.44. The van der Waals surface area contributed by atoms with Gasteiger partial charge >= 0.3 is 0 Å². The summed E-state index contributed by atoms with van der Waals surface area (Å²) in [6.45, 7) is 8.32. The van der Waals surface area contributed by atoms with Gasteiger partial charge in [0.1, 0.15) is 5.75 Å². The number of nitrogens with one attached hydrogen (secondary N) is 1. The smallest absolute Gasteiger partial charge is 0.124 e. The van der Waals surface area contributed by atoms with Gasteiger partial charge in [-0.15, -0.1) is 0 Å². The molecule has 2 atom stereocenters. The molecule has 1 aromatic carbocycles. The van der Waals surface area contributed by atoms with Crippen molar-refractivity contribution in [3.63, 3.8) is 0 Å². The highest BCUT2D eigenvalue weighted by Gasteiger charge is 2.19. The molecule has 0 aliphatic rings. The Labute approximate surface area is 104 Å². The Hall–Kier alpha value is -1.06. The molecule has 1 aromatic rings. The second-order valence-electron chi connectivity index (χ2n) is 4.69. The quantitative estimate of drug-likeness (QED) is 0.842. The number of hydrogen-bond donors (Lipinski definition) is 2. The second-order valence-corrected chi connectivity index (χ2v) is 4.69. The first kappa shape index (κ1) is 14.0. The van der Waals surface area contributed by atoms with Gasteiger partial charge < -0.3 is 15.8 Å². The molecule has 3 heteroatoms. The fourth-order valence-corrected chi connectivity index (χ4v) is 2.43. The Morgan fingerprint density at radius 1 is 1.24 bits per heavy atom. The zero-order chi connectivity index (χ0) is 13.2. The fraction of sp³-hybridized carbons (Fsp3) is 0.571. The van der Waals surface area contributed by atoms with Gasteiger partial charge in [-0.2, -0.15) is 0 Å². The highest BCUT2D eigenvalue weighted by Crippen LogP contribution is 2.32. The molecule has 0 spiro atoms. The number of methoxy groups -OCH3 is 1. The third kappa shape index (κ3) is 2.61. The fourth-order valence-electron chi connectivity index (χ4n) is 2.43. The maximum atomic E-state index is 6.03. The van der Waals surface area contributed by atoms with E-state index in [0.717, 1.165) is 11.3 Å². The summed E-state index contributed by atoms with van der Waals surface area (Å²) in [5.74, 6) is 0.978. The predicted octanol–water partition coefficient (Wildman–Crippen LogP) is 2.23. The van der Waals surface area contributed by atoms with Crippen molar-refractivity contribution in [1.82, 2.24) is 5.32 Å². The highest BCUT2D eigenvalue weighted by molar-refractivity contribution is 5.50. The van der Waals surface area contributed by atoms with Gasteiger partial charge in [-0.3, -0.25) is 0 Å². The Kier molecular flexibility index (Phi) is 4.54. The number of rotatable bonds is 4. The van der Waals surface area contributed by atoms with Gasteiger partial charge in [-0.25, -0.2) is 0 Å². The van der Waals surface area contributed by atoms with Gasteiger partial charge in [0.15, 0.2) is 0 Å². The van der Waals surface area contributed by atoms with Crippen molar-refractivity contribution in [3.8, 4) is 5.75 Å². The molecule has 0 aliphatic heterocycles. The molecule has 96 valence electrons. The standard InChI is InChI=1S/C14H24N2O/c1-8-7-12(13(16-5)11(4)15)9(2)10(3)14(8)17-6/h7,11,13,16H,15H2,1-6H3. The van der Waals surface area contributed by atoms with Crippen LogP contribution in [0.25, 0.3) is 0 Å². The van der Waals surface area contributed by atoms with Crippen LogP contribution in [-0.2, 0) is 0 Å². The maximum Gasteiger partial charge on any atom is 0.124 e. The van der Waals surface area contributed by atoms with Crippen molar-refractivity contribution < 1.29 is 4.74 Å². The largest absolute Gasteiger partial charge is 0.496 e. The number of likely N-dealkylation sites (N-methyl/N-ethyl adjacent to an activating group) is 1. The van der Waals surface area contributed by atoms with Crippen LogP contribution in [0.3, 0.4) is 0 Å². The minimum atomic E-state index is 0.0749. The first-order valence-electron chi connectivity index (χ1n) is 6.01. The molecule has 0 amide bonds. The number of hydrogen-bond acceptors (Lipinski definition) is 3. The zero-order valence-electron chi connectivity index (χ0n) is 11.7. The Morgan fingerprint density at radius 3 is 2.24 bits per heavy atom. The van der Waals surface area contributed by atoms with Crippen LogP contribution in [-0.4, -0.2) is 20.2 Å². The molecule has 3 nitrogen and oxygen atoms in total. The summed E-state index contributed by atoms with van der Waals surface area (Å²) >= 11 is 0. The van der Waals surface area contributed by atoms with E-state index >= 15 is 0 Å². The lowest BCUT2D eigenvalue weighted by Gasteiger charge is -2.25. The second kappa shape index (κ2) is 5.52. The van der Waals surface area contributed by atoms with E-state index in [2.05, 4.69) is 32.2 Å². The van der Waals surface area contributed by atoms with E-state index in [9.17, 15) is 0 Å². The first-order valence-corrected chi connectivity index (χ1v) is 6.01. The lowest BCUT2D eigenvalue weighted by molar-refractivity contribution is 0.407. The summed E-state index contributed by atoms with van der Waals surface area (Å²) in [5, 5.41) is 3.28. The maximum absolute atomic E-state index is 6.03. The normalized spacial score (nSPS) is 14.5. The van der Waals surface area contributed by atoms with E-state index in [1.807, 2.05) is 14.0 Å². The van der Waals surface area contributed by atoms with E-state index in [1.165, 1.54) is 16.7 Å². The van der Waals surface area contributed by atoms with Crippen LogP contribution >= 0.6 is 0 Å². The monoisotopic (exact) mass is 236 g/mol. The summed E-state index contributed by atoms with van der Waals surface area (Å²) in [4.78, 5) is 0. The van der Waals surface area contributed by atoms with E-state index in [-0.39, 0.29) is 12.1 Å². The first-order chi connectivity index (χ1) is 7.93. The summed E-state index contributed by atoms with van der Waals surface area (Å²) in [6.07, 6.45) is 0. The Morgan fingerprint density at radius 2 is 1.82 bits per heavy atom. The molecule has 0 saturated heterocycles. The summed E-state index contributed by atoms with van der Waals surface area (Å²) in [6, 6.07) is 2.43. The van der Waals surface area contributed by atoms with Crippen LogP contribution < -0.4 is 15.8 Å². The molecule has 0 bridgehead atoms. The average Bonchev–Trinajstić information content (AvgIpc) is 2.26. The molecule has 0 aliphatic carbocycles. The summed E-state index contributed by atoms with van der Waals surface area (Å²) in [5.41, 5.74) is 10.9. The number of nitrogens with two attached hydrogens (primary N) is 1. The molecular formula is C14H24N2O. The van der Waals surface area contributed by atoms with Crippen LogP contribution in [0.5, 0.6) is 5.75 Å². The summed E-state index contributed by atoms with van der Waals surface area (Å²) < 4.78 is 5.43. The van der Waals surface area contributed by atoms with Gasteiger partial charge in [0.05, 0.1) is 7.11 Å². The predicted molar refractivity (Wildman–Crippen MR) is 72.7 cm³/mol. The van der Waals surface area contributed by atoms with Crippen LogP contribution in [0.2, 0.25) is 0 Å². The van der Waals surface area contributed by atoms with Crippen molar-refractivity contribution in [2.75, 3.05) is 14.2 Å². The molecule has 0 saturated carbocycles. The van der Waals surface area contributed by atoms with Crippen LogP contribution in [0, 0.1) is 20.8 Å². The molecule has 0 aromatic heterocycles. The zero-order valence-corrected chi connectivity index (χ0v) is 11.7. The van der Waals surface area contributed by atoms with Crippen LogP contribution in [0.15, 0.2) is 6.07 Å². The number of aryl methyl sites for hydroxylation is 1. The van der Waals surface area contributed by atoms with Gasteiger partial charge in [0, 0.05) is 12.1 Å². The van der Waals surface area contributed by atoms with Crippen LogP contribution in [0.4, 0.5) is 0 Å². The molecular weight excluding hydrogens is 212 g/mol. The average molecular weight is 236 g/mol. The summed E-state index contributed by atoms with van der Waals surface area (Å²) in [7, 11) is 3.66. The van der Waals surface area contributed by atoms with Gasteiger partial charge in [0.25, 0.3) is 0 Å². The van der Waals surface area contributed by atoms with Gasteiger partial charge in [-0.05, 0) is 57.0 Å². The van der Waals surface area contributed by atoms with Crippen molar-refractivity contribution in [2.45, 2.75) is 39.8 Å². The molecule has 3 N–H and O–H groups in total. The minimum absolute atomic E-state index is 0.0749. The molecule has 0 fully saturated rings. The van der Waals surface area contributed by atoms with Gasteiger partial charge in [-0.1, -0.05) is 6.07 Å². The molecule has 2 unspecified atom stereocenters. The molecule has 0 heterocycles. The molecule has 17 heavy (non-hydrogen) atoms. The topological polar surface area (TPSA) is 47.3 Å². The lowest BCUT2D eigenvalue weighted by atomic mass is 9.91. The molecule has 1 rings (SSSR count). The number of benzene rings is 1. The van der Waals surface area contributed by atoms with Crippen molar-refractivity contribution >= 4 is 0 Å². The van der Waals surface area contributed by atoms with E-state index in [0.29, 0.717) is 0 Å². The van der Waals surface area contributed by atoms with Crippen molar-refractivity contribution in [3.05, 3.63) is 28.3 Å². The molecule has 0 radical (unpaired) electrons. The van der Waals surface area contributed by atoms with Gasteiger partial charge in [0.2, 0.25) is 0 Å². The van der Waals surface area contributed by atoms with Crippen molar-refractivity contribution in [1.29, 1.82) is 0 Å².